The van der Waals surface area contributed by atoms with E-state index in [-0.39, 0.29) is 5.97 Å². The molecule has 0 saturated carbocycles. The number of methoxy groups -OCH3 is 2. The molecule has 152 valence electrons. The Balaban J connectivity index is 2.12. The number of aryl methyl sites for hydroxylation is 1. The van der Waals surface area contributed by atoms with Crippen molar-refractivity contribution in [3.05, 3.63) is 71.3 Å². The van der Waals surface area contributed by atoms with E-state index in [4.69, 9.17) is 14.2 Å². The zero-order valence-corrected chi connectivity index (χ0v) is 17.1. The van der Waals surface area contributed by atoms with E-state index < -0.39 is 0 Å². The van der Waals surface area contributed by atoms with Gasteiger partial charge in [0.2, 0.25) is 0 Å². The highest BCUT2D eigenvalue weighted by atomic mass is 16.5. The van der Waals surface area contributed by atoms with Crippen LogP contribution in [-0.4, -0.2) is 33.1 Å². The molecule has 0 heterocycles. The molecular weight excluding hydrogens is 368 g/mol. The standard InChI is InChI=1S/C24H26O5/c1-17(2)24(26)29-13-5-6-18-7-8-20(23(14-18)28-4)15-21(16-25)19-9-11-22(27-3)12-10-19/h7-12,14-16H,1,5-6,13H2,2-4H3/b21-15+. The predicted molar refractivity (Wildman–Crippen MR) is 114 cm³/mol. The minimum atomic E-state index is -0.372. The zero-order chi connectivity index (χ0) is 21.2. The maximum atomic E-state index is 11.6. The number of hydrogen-bond acceptors (Lipinski definition) is 5. The molecule has 0 aliphatic carbocycles. The molecule has 0 spiro atoms. The van der Waals surface area contributed by atoms with Gasteiger partial charge in [0.05, 0.1) is 20.8 Å². The Morgan fingerprint density at radius 1 is 1.07 bits per heavy atom. The van der Waals surface area contributed by atoms with Crippen LogP contribution in [0.1, 0.15) is 30.0 Å². The van der Waals surface area contributed by atoms with Gasteiger partial charge < -0.3 is 14.2 Å². The summed E-state index contributed by atoms with van der Waals surface area (Å²) in [6, 6.07) is 13.1. The number of allylic oxidation sites excluding steroid dienone is 1. The minimum Gasteiger partial charge on any atom is -0.497 e. The van der Waals surface area contributed by atoms with Crippen LogP contribution in [0.15, 0.2) is 54.6 Å². The van der Waals surface area contributed by atoms with Crippen molar-refractivity contribution in [2.24, 2.45) is 0 Å². The second kappa shape index (κ2) is 10.9. The third kappa shape index (κ3) is 6.35. The van der Waals surface area contributed by atoms with E-state index in [1.165, 1.54) is 0 Å². The molecule has 0 unspecified atom stereocenters. The van der Waals surface area contributed by atoms with Crippen LogP contribution in [-0.2, 0) is 20.7 Å². The van der Waals surface area contributed by atoms with E-state index in [1.54, 1.807) is 27.2 Å². The smallest absolute Gasteiger partial charge is 0.333 e. The molecule has 2 aromatic rings. The molecular formula is C24H26O5. The summed E-state index contributed by atoms with van der Waals surface area (Å²) in [7, 11) is 3.20. The summed E-state index contributed by atoms with van der Waals surface area (Å²) in [5, 5.41) is 0. The number of esters is 1. The maximum absolute atomic E-state index is 11.6. The second-order valence-electron chi connectivity index (χ2n) is 6.54. The van der Waals surface area contributed by atoms with Crippen LogP contribution in [0.5, 0.6) is 11.5 Å². The Kier molecular flexibility index (Phi) is 8.22. The summed E-state index contributed by atoms with van der Waals surface area (Å²) < 4.78 is 15.8. The van der Waals surface area contributed by atoms with E-state index in [9.17, 15) is 9.59 Å². The van der Waals surface area contributed by atoms with Gasteiger partial charge in [-0.2, -0.15) is 0 Å². The van der Waals surface area contributed by atoms with Gasteiger partial charge in [0.25, 0.3) is 0 Å². The van der Waals surface area contributed by atoms with Gasteiger partial charge in [0, 0.05) is 16.7 Å². The monoisotopic (exact) mass is 394 g/mol. The normalized spacial score (nSPS) is 10.9. The average molecular weight is 394 g/mol. The van der Waals surface area contributed by atoms with Gasteiger partial charge in [-0.3, -0.25) is 4.79 Å². The predicted octanol–water partition coefficient (Wildman–Crippen LogP) is 4.50. The highest BCUT2D eigenvalue weighted by Crippen LogP contribution is 2.26. The van der Waals surface area contributed by atoms with Crippen molar-refractivity contribution in [1.82, 2.24) is 0 Å². The number of hydrogen-bond donors (Lipinski definition) is 0. The van der Waals surface area contributed by atoms with Crippen LogP contribution >= 0.6 is 0 Å². The summed E-state index contributed by atoms with van der Waals surface area (Å²) in [4.78, 5) is 23.0. The van der Waals surface area contributed by atoms with Gasteiger partial charge in [-0.1, -0.05) is 30.8 Å². The molecule has 2 rings (SSSR count). The molecule has 5 heteroatoms. The van der Waals surface area contributed by atoms with Gasteiger partial charge >= 0.3 is 5.97 Å². The summed E-state index contributed by atoms with van der Waals surface area (Å²) >= 11 is 0. The summed E-state index contributed by atoms with van der Waals surface area (Å²) in [6.07, 6.45) is 4.06. The molecule has 0 atom stereocenters. The molecule has 0 N–H and O–H groups in total. The van der Waals surface area contributed by atoms with Crippen molar-refractivity contribution in [3.8, 4) is 11.5 Å². The molecule has 0 bridgehead atoms. The van der Waals surface area contributed by atoms with Crippen molar-refractivity contribution < 1.29 is 23.8 Å². The van der Waals surface area contributed by atoms with E-state index in [1.807, 2.05) is 42.5 Å². The number of carbonyl (C=O) groups excluding carboxylic acids is 2. The fourth-order valence-electron chi connectivity index (χ4n) is 2.73. The second-order valence-corrected chi connectivity index (χ2v) is 6.54. The summed E-state index contributed by atoms with van der Waals surface area (Å²) in [5.74, 6) is 1.03. The van der Waals surface area contributed by atoms with Gasteiger partial charge in [0.1, 0.15) is 11.5 Å². The highest BCUT2D eigenvalue weighted by Gasteiger charge is 2.08. The highest BCUT2D eigenvalue weighted by molar-refractivity contribution is 6.13. The van der Waals surface area contributed by atoms with Gasteiger partial charge in [-0.15, -0.1) is 0 Å². The Morgan fingerprint density at radius 3 is 2.38 bits per heavy atom. The molecule has 0 aromatic heterocycles. The van der Waals surface area contributed by atoms with Gasteiger partial charge in [0.15, 0.2) is 6.29 Å². The fraction of sp³-hybridized carbons (Fsp3) is 0.250. The van der Waals surface area contributed by atoms with Crippen molar-refractivity contribution >= 4 is 23.9 Å². The molecule has 0 fully saturated rings. The van der Waals surface area contributed by atoms with E-state index >= 15 is 0 Å². The van der Waals surface area contributed by atoms with E-state index in [0.29, 0.717) is 29.9 Å². The SMILES string of the molecule is C=C(C)C(=O)OCCCc1ccc(/C=C(\C=O)c2ccc(OC)cc2)c(OC)c1. The third-order valence-corrected chi connectivity index (χ3v) is 4.35. The fourth-order valence-corrected chi connectivity index (χ4v) is 2.73. The molecule has 0 amide bonds. The third-order valence-electron chi connectivity index (χ3n) is 4.35. The van der Waals surface area contributed by atoms with Gasteiger partial charge in [-0.25, -0.2) is 4.79 Å². The first-order chi connectivity index (χ1) is 14.0. The van der Waals surface area contributed by atoms with Crippen molar-refractivity contribution in [3.63, 3.8) is 0 Å². The summed E-state index contributed by atoms with van der Waals surface area (Å²) in [5.41, 5.74) is 3.60. The van der Waals surface area contributed by atoms with E-state index in [2.05, 4.69) is 6.58 Å². The first-order valence-corrected chi connectivity index (χ1v) is 9.29. The average Bonchev–Trinajstić information content (AvgIpc) is 2.75. The van der Waals surface area contributed by atoms with Crippen LogP contribution in [0.3, 0.4) is 0 Å². The molecule has 29 heavy (non-hydrogen) atoms. The van der Waals surface area contributed by atoms with Crippen molar-refractivity contribution in [1.29, 1.82) is 0 Å². The molecule has 0 aliphatic rings. The van der Waals surface area contributed by atoms with Crippen LogP contribution in [0.4, 0.5) is 0 Å². The van der Waals surface area contributed by atoms with E-state index in [0.717, 1.165) is 35.1 Å². The van der Waals surface area contributed by atoms with Crippen LogP contribution in [0.25, 0.3) is 11.6 Å². The van der Waals surface area contributed by atoms with Crippen LogP contribution in [0.2, 0.25) is 0 Å². The number of rotatable bonds is 10. The summed E-state index contributed by atoms with van der Waals surface area (Å²) in [6.45, 7) is 5.52. The largest absolute Gasteiger partial charge is 0.497 e. The first-order valence-electron chi connectivity index (χ1n) is 9.29. The minimum absolute atomic E-state index is 0.336. The molecule has 0 aliphatic heterocycles. The lowest BCUT2D eigenvalue weighted by Gasteiger charge is -2.10. The van der Waals surface area contributed by atoms with Gasteiger partial charge in [-0.05, 0) is 55.2 Å². The number of benzene rings is 2. The number of ether oxygens (including phenoxy) is 3. The number of carbonyl (C=O) groups is 2. The Bertz CT molecular complexity index is 894. The topological polar surface area (TPSA) is 61.8 Å². The Labute approximate surface area is 171 Å². The molecule has 0 saturated heterocycles. The lowest BCUT2D eigenvalue weighted by atomic mass is 10.0. The van der Waals surface area contributed by atoms with Crippen LogP contribution in [0, 0.1) is 0 Å². The Hall–Kier alpha value is -3.34. The Morgan fingerprint density at radius 2 is 1.79 bits per heavy atom. The van der Waals surface area contributed by atoms with Crippen LogP contribution < -0.4 is 9.47 Å². The molecule has 0 radical (unpaired) electrons. The first kappa shape index (κ1) is 22.0. The number of aldehydes is 1. The maximum Gasteiger partial charge on any atom is 0.333 e. The quantitative estimate of drug-likeness (QED) is 0.195. The zero-order valence-electron chi connectivity index (χ0n) is 17.1. The molecule has 5 nitrogen and oxygen atoms in total. The lowest BCUT2D eigenvalue weighted by Crippen LogP contribution is -2.06. The lowest BCUT2D eigenvalue weighted by molar-refractivity contribution is -0.139. The van der Waals surface area contributed by atoms with Crippen molar-refractivity contribution in [2.45, 2.75) is 19.8 Å². The van der Waals surface area contributed by atoms with Crippen molar-refractivity contribution in [2.75, 3.05) is 20.8 Å². The molecule has 2 aromatic carbocycles.